The van der Waals surface area contributed by atoms with E-state index < -0.39 is 0 Å². The number of nitrogens with one attached hydrogen (secondary N) is 2. The summed E-state index contributed by atoms with van der Waals surface area (Å²) in [7, 11) is 1.62. The summed E-state index contributed by atoms with van der Waals surface area (Å²) in [6.07, 6.45) is 0.624. The molecule has 4 aromatic rings. The number of carbonyl (C=O) groups excluding carboxylic acids is 2. The summed E-state index contributed by atoms with van der Waals surface area (Å²) >= 11 is 0. The van der Waals surface area contributed by atoms with E-state index in [1.807, 2.05) is 24.3 Å². The highest BCUT2D eigenvalue weighted by molar-refractivity contribution is 6.11. The highest BCUT2D eigenvalue weighted by atomic mass is 16.5. The van der Waals surface area contributed by atoms with E-state index in [9.17, 15) is 14.7 Å². The second-order valence-corrected chi connectivity index (χ2v) is 9.25. The third-order valence-electron chi connectivity index (χ3n) is 7.01. The van der Waals surface area contributed by atoms with Crippen LogP contribution >= 0.6 is 0 Å². The number of fused-ring (bicyclic) bond motifs is 4. The first-order valence-electron chi connectivity index (χ1n) is 12.3. The van der Waals surface area contributed by atoms with Crippen LogP contribution in [0, 0.1) is 0 Å². The van der Waals surface area contributed by atoms with Gasteiger partial charge in [-0.25, -0.2) is 0 Å². The van der Waals surface area contributed by atoms with Crippen LogP contribution in [0.15, 0.2) is 36.4 Å². The van der Waals surface area contributed by atoms with Crippen molar-refractivity contribution in [2.75, 3.05) is 58.1 Å². The Hall–Kier alpha value is -4.02. The van der Waals surface area contributed by atoms with Crippen molar-refractivity contribution in [1.82, 2.24) is 14.9 Å². The zero-order valence-corrected chi connectivity index (χ0v) is 20.5. The maximum atomic E-state index is 13.5. The lowest BCUT2D eigenvalue weighted by molar-refractivity contribution is 0.0299. The fraction of sp³-hybridized carbons (Fsp3) is 0.333. The SMILES string of the molecule is COCCOc1ccc2[nH]c(C(=O)N3CCc4c3cc(O)c3[nH]c(C(=O)N5CCOCC5)cc43)cc2c1. The van der Waals surface area contributed by atoms with E-state index in [-0.39, 0.29) is 17.6 Å². The molecule has 0 atom stereocenters. The van der Waals surface area contributed by atoms with E-state index >= 15 is 0 Å². The largest absolute Gasteiger partial charge is 0.506 e. The molecular weight excluding hydrogens is 476 g/mol. The van der Waals surface area contributed by atoms with Crippen molar-refractivity contribution >= 4 is 39.3 Å². The first-order valence-corrected chi connectivity index (χ1v) is 12.3. The van der Waals surface area contributed by atoms with E-state index in [0.29, 0.717) is 80.8 Å². The number of hydrogen-bond acceptors (Lipinski definition) is 6. The molecule has 3 N–H and O–H groups in total. The summed E-state index contributed by atoms with van der Waals surface area (Å²) in [4.78, 5) is 36.2. The van der Waals surface area contributed by atoms with Gasteiger partial charge in [-0.05, 0) is 42.3 Å². The first-order chi connectivity index (χ1) is 18.0. The van der Waals surface area contributed by atoms with E-state index in [1.54, 1.807) is 29.0 Å². The Morgan fingerprint density at radius 3 is 2.62 bits per heavy atom. The molecule has 0 aliphatic carbocycles. The van der Waals surface area contributed by atoms with Crippen LogP contribution in [-0.2, 0) is 15.9 Å². The molecular formula is C27H28N4O6. The van der Waals surface area contributed by atoms with Crippen molar-refractivity contribution in [3.05, 3.63) is 53.3 Å². The molecule has 2 aliphatic heterocycles. The standard InChI is InChI=1S/C27H28N4O6/c1-35-10-11-37-17-2-3-20-16(12-17)13-21(28-20)27(34)31-5-4-18-19-14-22(26(33)30-6-8-36-9-7-30)29-25(19)24(32)15-23(18)31/h2-3,12-15,28-29,32H,4-11H2,1H3. The lowest BCUT2D eigenvalue weighted by atomic mass is 10.1. The number of methoxy groups -OCH3 is 1. The van der Waals surface area contributed by atoms with Crippen molar-refractivity contribution in [1.29, 1.82) is 0 Å². The molecule has 0 bridgehead atoms. The van der Waals surface area contributed by atoms with Crippen molar-refractivity contribution < 1.29 is 28.9 Å². The average molecular weight is 505 g/mol. The Kier molecular flexibility index (Phi) is 5.97. The molecule has 1 fully saturated rings. The molecule has 2 aliphatic rings. The normalized spacial score (nSPS) is 15.5. The van der Waals surface area contributed by atoms with E-state index in [4.69, 9.17) is 14.2 Å². The summed E-state index contributed by atoms with van der Waals surface area (Å²) in [5.74, 6) is 0.401. The molecule has 2 amide bonds. The fourth-order valence-corrected chi connectivity index (χ4v) is 5.14. The van der Waals surface area contributed by atoms with Gasteiger partial charge in [0.05, 0.1) is 31.0 Å². The first kappa shape index (κ1) is 23.4. The van der Waals surface area contributed by atoms with Gasteiger partial charge in [-0.3, -0.25) is 9.59 Å². The molecule has 0 spiro atoms. The molecule has 0 unspecified atom stereocenters. The molecule has 10 nitrogen and oxygen atoms in total. The smallest absolute Gasteiger partial charge is 0.274 e. The van der Waals surface area contributed by atoms with Crippen molar-refractivity contribution in [3.63, 3.8) is 0 Å². The molecule has 0 radical (unpaired) electrons. The van der Waals surface area contributed by atoms with Gasteiger partial charge in [0.25, 0.3) is 11.8 Å². The number of phenolic OH excluding ortho intramolecular Hbond substituents is 1. The molecule has 10 heteroatoms. The van der Waals surface area contributed by atoms with Crippen molar-refractivity contribution in [2.24, 2.45) is 0 Å². The average Bonchev–Trinajstić information content (AvgIpc) is 3.65. The summed E-state index contributed by atoms with van der Waals surface area (Å²) in [5, 5.41) is 12.4. The minimum Gasteiger partial charge on any atom is -0.506 e. The third-order valence-corrected chi connectivity index (χ3v) is 7.01. The maximum absolute atomic E-state index is 13.5. The zero-order valence-electron chi connectivity index (χ0n) is 20.5. The fourth-order valence-electron chi connectivity index (χ4n) is 5.14. The van der Waals surface area contributed by atoms with Crippen LogP contribution in [0.5, 0.6) is 11.5 Å². The van der Waals surface area contributed by atoms with Gasteiger partial charge < -0.3 is 39.1 Å². The number of carbonyl (C=O) groups is 2. The lowest BCUT2D eigenvalue weighted by Crippen LogP contribution is -2.40. The highest BCUT2D eigenvalue weighted by Gasteiger charge is 2.31. The second kappa shape index (κ2) is 9.45. The number of aromatic amines is 2. The Morgan fingerprint density at radius 2 is 1.81 bits per heavy atom. The van der Waals surface area contributed by atoms with Crippen molar-refractivity contribution in [3.8, 4) is 11.5 Å². The predicted octanol–water partition coefficient (Wildman–Crippen LogP) is 3.06. The Morgan fingerprint density at radius 1 is 1.00 bits per heavy atom. The van der Waals surface area contributed by atoms with E-state index in [1.165, 1.54) is 0 Å². The Labute approximate surface area is 212 Å². The summed E-state index contributed by atoms with van der Waals surface area (Å²) < 4.78 is 16.1. The summed E-state index contributed by atoms with van der Waals surface area (Å²) in [6.45, 7) is 3.51. The Balaban J connectivity index is 1.28. The lowest BCUT2D eigenvalue weighted by Gasteiger charge is -2.26. The minimum atomic E-state index is -0.185. The molecule has 37 heavy (non-hydrogen) atoms. The van der Waals surface area contributed by atoms with Crippen LogP contribution < -0.4 is 9.64 Å². The number of phenols is 1. The van der Waals surface area contributed by atoms with Crippen LogP contribution in [0.1, 0.15) is 26.5 Å². The topological polar surface area (TPSA) is 120 Å². The predicted molar refractivity (Wildman–Crippen MR) is 138 cm³/mol. The van der Waals surface area contributed by atoms with Crippen LogP contribution in [0.25, 0.3) is 21.8 Å². The number of anilines is 1. The molecule has 192 valence electrons. The quantitative estimate of drug-likeness (QED) is 0.347. The highest BCUT2D eigenvalue weighted by Crippen LogP contribution is 2.40. The molecule has 0 saturated carbocycles. The number of morpholine rings is 1. The summed E-state index contributed by atoms with van der Waals surface area (Å²) in [5.41, 5.74) is 3.80. The van der Waals surface area contributed by atoms with Crippen LogP contribution in [-0.4, -0.2) is 85.0 Å². The van der Waals surface area contributed by atoms with Gasteiger partial charge >= 0.3 is 0 Å². The maximum Gasteiger partial charge on any atom is 0.274 e. The number of amides is 2. The Bertz CT molecular complexity index is 1500. The number of aromatic nitrogens is 2. The van der Waals surface area contributed by atoms with Crippen LogP contribution in [0.4, 0.5) is 5.69 Å². The second-order valence-electron chi connectivity index (χ2n) is 9.25. The number of aromatic hydroxyl groups is 1. The number of hydrogen-bond donors (Lipinski definition) is 3. The van der Waals surface area contributed by atoms with Gasteiger partial charge in [0.2, 0.25) is 0 Å². The number of benzene rings is 2. The van der Waals surface area contributed by atoms with Crippen LogP contribution in [0.3, 0.4) is 0 Å². The van der Waals surface area contributed by atoms with Gasteiger partial charge in [0.1, 0.15) is 29.5 Å². The third kappa shape index (κ3) is 4.17. The minimum absolute atomic E-state index is 0.00368. The number of rotatable bonds is 6. The van der Waals surface area contributed by atoms with Gasteiger partial charge in [-0.2, -0.15) is 0 Å². The molecule has 6 rings (SSSR count). The molecule has 1 saturated heterocycles. The van der Waals surface area contributed by atoms with Gasteiger partial charge in [-0.1, -0.05) is 0 Å². The molecule has 4 heterocycles. The molecule has 2 aromatic heterocycles. The van der Waals surface area contributed by atoms with Crippen LogP contribution in [0.2, 0.25) is 0 Å². The van der Waals surface area contributed by atoms with E-state index in [2.05, 4.69) is 9.97 Å². The molecule has 2 aromatic carbocycles. The number of nitrogens with zero attached hydrogens (tertiary/aromatic N) is 2. The van der Waals surface area contributed by atoms with E-state index in [0.717, 1.165) is 21.9 Å². The number of ether oxygens (including phenoxy) is 3. The summed E-state index contributed by atoms with van der Waals surface area (Å²) in [6, 6.07) is 10.8. The van der Waals surface area contributed by atoms with Gasteiger partial charge in [0.15, 0.2) is 0 Å². The van der Waals surface area contributed by atoms with Gasteiger partial charge in [-0.15, -0.1) is 0 Å². The zero-order chi connectivity index (χ0) is 25.5. The monoisotopic (exact) mass is 504 g/mol. The van der Waals surface area contributed by atoms with Gasteiger partial charge in [0, 0.05) is 49.1 Å². The number of H-pyrrole nitrogens is 2. The van der Waals surface area contributed by atoms with Crippen molar-refractivity contribution in [2.45, 2.75) is 6.42 Å².